The fraction of sp³-hybridized carbons (Fsp3) is 0.742. The van der Waals surface area contributed by atoms with E-state index in [-0.39, 0.29) is 35.5 Å². The fourth-order valence-electron chi connectivity index (χ4n) is 5.81. The maximum Gasteiger partial charge on any atom is 0.350 e. The summed E-state index contributed by atoms with van der Waals surface area (Å²) >= 11 is 1.29. The number of hydrogen-bond acceptors (Lipinski definition) is 7. The van der Waals surface area contributed by atoms with Gasteiger partial charge in [-0.3, -0.25) is 4.79 Å². The number of esters is 1. The first-order valence-electron chi connectivity index (χ1n) is 14.6. The Hall–Kier alpha value is -1.92. The number of aliphatic hydroxyl groups is 1. The predicted molar refractivity (Wildman–Crippen MR) is 153 cm³/mol. The Bertz CT molecular complexity index is 1030. The quantitative estimate of drug-likeness (QED) is 0.347. The van der Waals surface area contributed by atoms with Crippen molar-refractivity contribution in [2.75, 3.05) is 31.8 Å². The van der Waals surface area contributed by atoms with E-state index in [4.69, 9.17) is 14.2 Å². The van der Waals surface area contributed by atoms with Crippen LogP contribution in [0.1, 0.15) is 99.5 Å². The highest BCUT2D eigenvalue weighted by molar-refractivity contribution is 7.15. The average Bonchev–Trinajstić information content (AvgIpc) is 3.36. The van der Waals surface area contributed by atoms with E-state index in [9.17, 15) is 14.7 Å². The minimum Gasteiger partial charge on any atom is -0.465 e. The van der Waals surface area contributed by atoms with Crippen LogP contribution in [0.3, 0.4) is 0 Å². The molecule has 0 spiro atoms. The molecule has 0 aromatic carbocycles. The van der Waals surface area contributed by atoms with E-state index in [2.05, 4.69) is 32.6 Å². The van der Waals surface area contributed by atoms with Crippen molar-refractivity contribution >= 4 is 28.9 Å². The van der Waals surface area contributed by atoms with Gasteiger partial charge in [-0.2, -0.15) is 0 Å². The summed E-state index contributed by atoms with van der Waals surface area (Å²) in [7, 11) is 1.37. The van der Waals surface area contributed by atoms with Gasteiger partial charge in [0.2, 0.25) is 5.91 Å². The van der Waals surface area contributed by atoms with Crippen LogP contribution in [0.25, 0.3) is 0 Å². The van der Waals surface area contributed by atoms with Gasteiger partial charge in [0.05, 0.1) is 36.5 Å². The summed E-state index contributed by atoms with van der Waals surface area (Å²) < 4.78 is 16.7. The number of carbonyl (C=O) groups is 2. The van der Waals surface area contributed by atoms with E-state index < -0.39 is 5.97 Å². The molecule has 0 atom stereocenters. The molecule has 39 heavy (non-hydrogen) atoms. The van der Waals surface area contributed by atoms with Crippen LogP contribution in [-0.2, 0) is 19.0 Å². The van der Waals surface area contributed by atoms with Crippen molar-refractivity contribution in [3.8, 4) is 11.8 Å². The van der Waals surface area contributed by atoms with E-state index in [0.717, 1.165) is 56.6 Å². The maximum absolute atomic E-state index is 14.1. The zero-order valence-corrected chi connectivity index (χ0v) is 24.8. The Balaban J connectivity index is 1.60. The summed E-state index contributed by atoms with van der Waals surface area (Å²) in [6.07, 6.45) is 8.25. The van der Waals surface area contributed by atoms with Crippen molar-refractivity contribution in [1.29, 1.82) is 0 Å². The molecule has 0 bridgehead atoms. The summed E-state index contributed by atoms with van der Waals surface area (Å²) in [4.78, 5) is 30.0. The molecule has 1 aromatic rings. The zero-order valence-electron chi connectivity index (χ0n) is 24.0. The Kier molecular flexibility index (Phi) is 10.5. The maximum atomic E-state index is 14.1. The highest BCUT2D eigenvalue weighted by Gasteiger charge is 2.37. The van der Waals surface area contributed by atoms with Crippen molar-refractivity contribution in [3.63, 3.8) is 0 Å². The third-order valence-corrected chi connectivity index (χ3v) is 9.37. The van der Waals surface area contributed by atoms with E-state index in [1.54, 1.807) is 0 Å². The van der Waals surface area contributed by atoms with Crippen molar-refractivity contribution in [2.45, 2.75) is 103 Å². The monoisotopic (exact) mass is 559 g/mol. The number of amides is 1. The van der Waals surface area contributed by atoms with Crippen LogP contribution >= 0.6 is 11.3 Å². The number of rotatable bonds is 7. The molecule has 3 fully saturated rings. The summed E-state index contributed by atoms with van der Waals surface area (Å²) in [5.74, 6) is 6.87. The molecule has 0 unspecified atom stereocenters. The van der Waals surface area contributed by atoms with Crippen molar-refractivity contribution < 1.29 is 28.9 Å². The fourth-order valence-corrected chi connectivity index (χ4v) is 6.73. The zero-order chi connectivity index (χ0) is 28.0. The normalized spacial score (nSPS) is 26.4. The van der Waals surface area contributed by atoms with Gasteiger partial charge in [0.15, 0.2) is 0 Å². The van der Waals surface area contributed by atoms with Gasteiger partial charge in [-0.05, 0) is 90.0 Å². The molecule has 2 saturated carbocycles. The second kappa shape index (κ2) is 13.6. The van der Waals surface area contributed by atoms with Gasteiger partial charge in [0, 0.05) is 30.6 Å². The van der Waals surface area contributed by atoms with Crippen molar-refractivity contribution in [2.24, 2.45) is 17.3 Å². The summed E-state index contributed by atoms with van der Waals surface area (Å²) in [5, 5.41) is 10.1. The molecule has 1 N–H and O–H groups in total. The van der Waals surface area contributed by atoms with Crippen molar-refractivity contribution in [1.82, 2.24) is 0 Å². The SMILES string of the molecule is COC(=O)c1sc(C#CC(C)(C)COC2CCOCC2)cc1N(C(=O)[C@H]1CC[C@H](C)CC1)[C@H]1CC[C@H](O)CC1. The molecule has 0 radical (unpaired) electrons. The Morgan fingerprint density at radius 1 is 1.08 bits per heavy atom. The van der Waals surface area contributed by atoms with Gasteiger partial charge in [-0.1, -0.05) is 18.8 Å². The molecule has 2 heterocycles. The molecular weight excluding hydrogens is 514 g/mol. The van der Waals surface area contributed by atoms with Gasteiger partial charge in [0.25, 0.3) is 0 Å². The van der Waals surface area contributed by atoms with Crippen molar-refractivity contribution in [3.05, 3.63) is 15.8 Å². The third-order valence-electron chi connectivity index (χ3n) is 8.35. The van der Waals surface area contributed by atoms with Crippen LogP contribution in [0.15, 0.2) is 6.07 Å². The van der Waals surface area contributed by atoms with Gasteiger partial charge in [-0.25, -0.2) is 4.79 Å². The lowest BCUT2D eigenvalue weighted by atomic mass is 9.81. The van der Waals surface area contributed by atoms with E-state index >= 15 is 0 Å². The molecule has 216 valence electrons. The van der Waals surface area contributed by atoms with Gasteiger partial charge < -0.3 is 24.2 Å². The van der Waals surface area contributed by atoms with Gasteiger partial charge in [-0.15, -0.1) is 11.3 Å². The third kappa shape index (κ3) is 8.07. The minimum absolute atomic E-state index is 0.0470. The Labute approximate surface area is 237 Å². The number of nitrogens with zero attached hydrogens (tertiary/aromatic N) is 1. The van der Waals surface area contributed by atoms with E-state index in [1.165, 1.54) is 18.4 Å². The minimum atomic E-state index is -0.448. The lowest BCUT2D eigenvalue weighted by molar-refractivity contribution is -0.124. The molecule has 2 aliphatic carbocycles. The van der Waals surface area contributed by atoms with Gasteiger partial charge >= 0.3 is 5.97 Å². The van der Waals surface area contributed by atoms with Crippen LogP contribution in [0.2, 0.25) is 0 Å². The van der Waals surface area contributed by atoms with Crippen LogP contribution in [-0.4, -0.2) is 62.2 Å². The molecule has 3 aliphatic rings. The predicted octanol–water partition coefficient (Wildman–Crippen LogP) is 5.57. The molecule has 8 heteroatoms. The van der Waals surface area contributed by atoms with Crippen LogP contribution in [0.4, 0.5) is 5.69 Å². The number of carbonyl (C=O) groups excluding carboxylic acids is 2. The number of methoxy groups -OCH3 is 1. The number of aliphatic hydroxyl groups excluding tert-OH is 1. The summed E-state index contributed by atoms with van der Waals surface area (Å²) in [6.45, 7) is 8.35. The first-order chi connectivity index (χ1) is 18.7. The highest BCUT2D eigenvalue weighted by Crippen LogP contribution is 2.39. The molecule has 1 aromatic heterocycles. The smallest absolute Gasteiger partial charge is 0.350 e. The second-order valence-electron chi connectivity index (χ2n) is 12.2. The molecule has 7 nitrogen and oxygen atoms in total. The molecule has 1 amide bonds. The first-order valence-corrected chi connectivity index (χ1v) is 15.4. The molecule has 1 aliphatic heterocycles. The van der Waals surface area contributed by atoms with E-state index in [1.807, 2.05) is 11.0 Å². The lowest BCUT2D eigenvalue weighted by Gasteiger charge is -2.38. The topological polar surface area (TPSA) is 85.3 Å². The van der Waals surface area contributed by atoms with Crippen LogP contribution in [0.5, 0.6) is 0 Å². The largest absolute Gasteiger partial charge is 0.465 e. The van der Waals surface area contributed by atoms with Gasteiger partial charge in [0.1, 0.15) is 4.88 Å². The lowest BCUT2D eigenvalue weighted by Crippen LogP contribution is -2.47. The van der Waals surface area contributed by atoms with Crippen LogP contribution < -0.4 is 4.90 Å². The molecule has 1 saturated heterocycles. The first kappa shape index (κ1) is 30.0. The number of anilines is 1. The standard InChI is InChI=1S/C31H45NO6S/c1-21-5-7-22(8-6-21)29(34)32(23-9-11-24(33)12-10-23)27-19-26(39-28(27)30(35)36-4)13-16-31(2,3)20-38-25-14-17-37-18-15-25/h19,21-25,33H,5-12,14-15,17-18,20H2,1-4H3/t21-,22-,23-,24-. The summed E-state index contributed by atoms with van der Waals surface area (Å²) in [6, 6.07) is 1.84. The highest BCUT2D eigenvalue weighted by atomic mass is 32.1. The Morgan fingerprint density at radius 2 is 1.74 bits per heavy atom. The number of thiophene rings is 1. The van der Waals surface area contributed by atoms with Crippen LogP contribution in [0, 0.1) is 29.1 Å². The summed E-state index contributed by atoms with van der Waals surface area (Å²) in [5.41, 5.74) is 0.235. The molecular formula is C31H45NO6S. The number of hydrogen-bond donors (Lipinski definition) is 1. The number of ether oxygens (including phenoxy) is 3. The van der Waals surface area contributed by atoms with E-state index in [0.29, 0.717) is 48.8 Å². The molecule has 4 rings (SSSR count). The average molecular weight is 560 g/mol. The second-order valence-corrected chi connectivity index (χ2v) is 13.3. The Morgan fingerprint density at radius 3 is 2.38 bits per heavy atom.